The lowest BCUT2D eigenvalue weighted by molar-refractivity contribution is 0.317. The molecule has 0 rings (SSSR count). The maximum absolute atomic E-state index is 6.29. The Morgan fingerprint density at radius 1 is 0.938 bits per heavy atom. The monoisotopic (exact) mass is 228 g/mol. The first-order valence-corrected chi connectivity index (χ1v) is 7.09. The third-order valence-electron chi connectivity index (χ3n) is 3.53. The second-order valence-electron chi connectivity index (χ2n) is 5.42. The van der Waals surface area contributed by atoms with Crippen LogP contribution in [0.25, 0.3) is 0 Å². The van der Waals surface area contributed by atoms with Crippen LogP contribution < -0.4 is 11.5 Å². The highest BCUT2D eigenvalue weighted by Gasteiger charge is 2.25. The normalized spacial score (nSPS) is 17.1. The second-order valence-corrected chi connectivity index (χ2v) is 5.42. The van der Waals surface area contributed by atoms with E-state index in [0.29, 0.717) is 0 Å². The first kappa shape index (κ1) is 15.9. The lowest BCUT2D eigenvalue weighted by Crippen LogP contribution is -2.52. The van der Waals surface area contributed by atoms with Crippen LogP contribution in [0, 0.1) is 0 Å². The van der Waals surface area contributed by atoms with Crippen molar-refractivity contribution in [3.63, 3.8) is 0 Å². The first-order chi connectivity index (χ1) is 7.54. The topological polar surface area (TPSA) is 52.0 Å². The molecule has 0 fully saturated rings. The largest absolute Gasteiger partial charge is 0.326 e. The molecule has 0 saturated carbocycles. The third-order valence-corrected chi connectivity index (χ3v) is 3.53. The highest BCUT2D eigenvalue weighted by molar-refractivity contribution is 4.89. The highest BCUT2D eigenvalue weighted by atomic mass is 14.8. The standard InChI is InChI=1S/C14H32N2/c1-4-6-8-9-11-13(15)14(3,16)12-10-7-5-2/h13H,4-12,15-16H2,1-3H3. The van der Waals surface area contributed by atoms with E-state index in [2.05, 4.69) is 20.8 Å². The Hall–Kier alpha value is -0.0800. The molecule has 0 radical (unpaired) electrons. The van der Waals surface area contributed by atoms with Crippen LogP contribution >= 0.6 is 0 Å². The molecule has 0 bridgehead atoms. The second kappa shape index (κ2) is 9.00. The Morgan fingerprint density at radius 3 is 2.06 bits per heavy atom. The molecule has 0 aliphatic carbocycles. The zero-order chi connectivity index (χ0) is 12.4. The van der Waals surface area contributed by atoms with Crippen LogP contribution in [0.1, 0.15) is 78.6 Å². The molecular formula is C14H32N2. The van der Waals surface area contributed by atoms with Gasteiger partial charge in [0.1, 0.15) is 0 Å². The van der Waals surface area contributed by atoms with Crippen molar-refractivity contribution >= 4 is 0 Å². The van der Waals surface area contributed by atoms with Gasteiger partial charge in [-0.05, 0) is 19.8 Å². The summed E-state index contributed by atoms with van der Waals surface area (Å²) in [4.78, 5) is 0. The van der Waals surface area contributed by atoms with Crippen LogP contribution in [0.5, 0.6) is 0 Å². The summed E-state index contributed by atoms with van der Waals surface area (Å²) in [5.74, 6) is 0. The number of nitrogens with two attached hydrogens (primary N) is 2. The minimum absolute atomic E-state index is 0.165. The van der Waals surface area contributed by atoms with E-state index in [1.807, 2.05) is 0 Å². The number of hydrogen-bond donors (Lipinski definition) is 2. The summed E-state index contributed by atoms with van der Waals surface area (Å²) in [5.41, 5.74) is 12.3. The molecule has 2 heteroatoms. The Bertz CT molecular complexity index is 155. The molecule has 0 spiro atoms. The lowest BCUT2D eigenvalue weighted by Gasteiger charge is -2.31. The average Bonchev–Trinajstić information content (AvgIpc) is 2.24. The fourth-order valence-corrected chi connectivity index (χ4v) is 2.06. The molecule has 16 heavy (non-hydrogen) atoms. The van der Waals surface area contributed by atoms with Crippen LogP contribution in [-0.2, 0) is 0 Å². The molecule has 0 amide bonds. The van der Waals surface area contributed by atoms with Gasteiger partial charge >= 0.3 is 0 Å². The van der Waals surface area contributed by atoms with Gasteiger partial charge in [-0.15, -0.1) is 0 Å². The van der Waals surface area contributed by atoms with E-state index in [0.717, 1.165) is 12.8 Å². The maximum atomic E-state index is 6.29. The Kier molecular flexibility index (Phi) is 8.96. The lowest BCUT2D eigenvalue weighted by atomic mass is 9.85. The molecule has 0 aliphatic rings. The van der Waals surface area contributed by atoms with Crippen molar-refractivity contribution in [2.75, 3.05) is 0 Å². The predicted molar refractivity (Wildman–Crippen MR) is 73.5 cm³/mol. The summed E-state index contributed by atoms with van der Waals surface area (Å²) >= 11 is 0. The Morgan fingerprint density at radius 2 is 1.50 bits per heavy atom. The number of rotatable bonds is 10. The van der Waals surface area contributed by atoms with E-state index in [9.17, 15) is 0 Å². The maximum Gasteiger partial charge on any atom is 0.0279 e. The fourth-order valence-electron chi connectivity index (χ4n) is 2.06. The Balaban J connectivity index is 3.71. The van der Waals surface area contributed by atoms with E-state index in [4.69, 9.17) is 11.5 Å². The highest BCUT2D eigenvalue weighted by Crippen LogP contribution is 2.19. The SMILES string of the molecule is CCCCCCC(N)C(C)(N)CCCCC. The van der Waals surface area contributed by atoms with Gasteiger partial charge in [0, 0.05) is 11.6 Å². The molecular weight excluding hydrogens is 196 g/mol. The zero-order valence-electron chi connectivity index (χ0n) is 11.6. The molecule has 4 N–H and O–H groups in total. The number of hydrogen-bond acceptors (Lipinski definition) is 2. The molecule has 98 valence electrons. The average molecular weight is 228 g/mol. The van der Waals surface area contributed by atoms with Crippen LogP contribution in [0.4, 0.5) is 0 Å². The third kappa shape index (κ3) is 7.24. The van der Waals surface area contributed by atoms with Crippen LogP contribution in [-0.4, -0.2) is 11.6 Å². The zero-order valence-corrected chi connectivity index (χ0v) is 11.6. The molecule has 0 saturated heterocycles. The molecule has 0 aromatic rings. The summed E-state index contributed by atoms with van der Waals surface area (Å²) in [5, 5.41) is 0. The predicted octanol–water partition coefficient (Wildman–Crippen LogP) is 3.58. The van der Waals surface area contributed by atoms with Gasteiger partial charge in [-0.25, -0.2) is 0 Å². The van der Waals surface area contributed by atoms with Gasteiger partial charge in [0.15, 0.2) is 0 Å². The van der Waals surface area contributed by atoms with Gasteiger partial charge in [0.25, 0.3) is 0 Å². The van der Waals surface area contributed by atoms with Crippen molar-refractivity contribution < 1.29 is 0 Å². The van der Waals surface area contributed by atoms with Gasteiger partial charge in [0.2, 0.25) is 0 Å². The van der Waals surface area contributed by atoms with Crippen molar-refractivity contribution in [2.24, 2.45) is 11.5 Å². The molecule has 2 atom stereocenters. The molecule has 0 aromatic carbocycles. The van der Waals surface area contributed by atoms with Crippen molar-refractivity contribution in [1.82, 2.24) is 0 Å². The van der Waals surface area contributed by atoms with Gasteiger partial charge in [-0.2, -0.15) is 0 Å². The van der Waals surface area contributed by atoms with E-state index in [1.54, 1.807) is 0 Å². The van der Waals surface area contributed by atoms with Crippen LogP contribution in [0.2, 0.25) is 0 Å². The summed E-state index contributed by atoms with van der Waals surface area (Å²) in [6.45, 7) is 6.57. The van der Waals surface area contributed by atoms with Gasteiger partial charge in [0.05, 0.1) is 0 Å². The van der Waals surface area contributed by atoms with Crippen molar-refractivity contribution in [3.05, 3.63) is 0 Å². The van der Waals surface area contributed by atoms with Crippen molar-refractivity contribution in [3.8, 4) is 0 Å². The summed E-state index contributed by atoms with van der Waals surface area (Å²) in [6.07, 6.45) is 11.0. The van der Waals surface area contributed by atoms with Crippen molar-refractivity contribution in [1.29, 1.82) is 0 Å². The summed E-state index contributed by atoms with van der Waals surface area (Å²) in [6, 6.07) is 0.168. The smallest absolute Gasteiger partial charge is 0.0279 e. The molecule has 0 aliphatic heterocycles. The fraction of sp³-hybridized carbons (Fsp3) is 1.00. The molecule has 0 heterocycles. The van der Waals surface area contributed by atoms with Crippen LogP contribution in [0.3, 0.4) is 0 Å². The van der Waals surface area contributed by atoms with E-state index >= 15 is 0 Å². The summed E-state index contributed by atoms with van der Waals surface area (Å²) in [7, 11) is 0. The minimum Gasteiger partial charge on any atom is -0.326 e. The summed E-state index contributed by atoms with van der Waals surface area (Å²) < 4.78 is 0. The minimum atomic E-state index is -0.165. The quantitative estimate of drug-likeness (QED) is 0.561. The molecule has 2 nitrogen and oxygen atoms in total. The van der Waals surface area contributed by atoms with Gasteiger partial charge < -0.3 is 11.5 Å². The van der Waals surface area contributed by atoms with Gasteiger partial charge in [-0.1, -0.05) is 58.8 Å². The molecule has 0 aromatic heterocycles. The first-order valence-electron chi connectivity index (χ1n) is 7.09. The van der Waals surface area contributed by atoms with Gasteiger partial charge in [-0.3, -0.25) is 0 Å². The number of unbranched alkanes of at least 4 members (excludes halogenated alkanes) is 5. The Labute approximate surface area is 102 Å². The van der Waals surface area contributed by atoms with E-state index in [-0.39, 0.29) is 11.6 Å². The van der Waals surface area contributed by atoms with Crippen LogP contribution in [0.15, 0.2) is 0 Å². The van der Waals surface area contributed by atoms with E-state index < -0.39 is 0 Å². The molecule has 2 unspecified atom stereocenters. The van der Waals surface area contributed by atoms with Crippen molar-refractivity contribution in [2.45, 2.75) is 90.1 Å². The van der Waals surface area contributed by atoms with E-state index in [1.165, 1.54) is 44.9 Å².